The molecule has 1 heterocycles. The number of carbonyl (C=O) groups is 1. The fraction of sp³-hybridized carbons (Fsp3) is 0.357. The van der Waals surface area contributed by atoms with Gasteiger partial charge in [0.05, 0.1) is 0 Å². The number of amides is 1. The van der Waals surface area contributed by atoms with Gasteiger partial charge in [-0.3, -0.25) is 4.79 Å². The fourth-order valence-corrected chi connectivity index (χ4v) is 1.79. The molecule has 1 aromatic carbocycles. The minimum atomic E-state index is -0.309. The van der Waals surface area contributed by atoms with E-state index in [1.807, 2.05) is 0 Å². The molecule has 2 N–H and O–H groups in total. The van der Waals surface area contributed by atoms with Crippen molar-refractivity contribution in [1.29, 1.82) is 0 Å². The molecule has 0 bridgehead atoms. The molecule has 0 saturated carbocycles. The Morgan fingerprint density at radius 2 is 2.17 bits per heavy atom. The first kappa shape index (κ1) is 12.6. The lowest BCUT2D eigenvalue weighted by atomic mass is 10.1. The van der Waals surface area contributed by atoms with Crippen LogP contribution in [0.5, 0.6) is 0 Å². The summed E-state index contributed by atoms with van der Waals surface area (Å²) < 4.78 is 13.0. The van der Waals surface area contributed by atoms with E-state index in [4.69, 9.17) is 0 Å². The van der Waals surface area contributed by atoms with Gasteiger partial charge in [-0.2, -0.15) is 0 Å². The summed E-state index contributed by atoms with van der Waals surface area (Å²) in [7, 11) is 0. The normalized spacial score (nSPS) is 11.1. The summed E-state index contributed by atoms with van der Waals surface area (Å²) in [6.07, 6.45) is 0.945. The minimum absolute atomic E-state index is 0.146. The molecule has 2 aromatic rings. The highest BCUT2D eigenvalue weighted by Crippen LogP contribution is 2.16. The summed E-state index contributed by atoms with van der Waals surface area (Å²) in [5.74, 6) is 0.102. The minimum Gasteiger partial charge on any atom is -0.351 e. The molecule has 0 aliphatic carbocycles. The second-order valence-corrected chi connectivity index (χ2v) is 4.85. The van der Waals surface area contributed by atoms with E-state index in [1.54, 1.807) is 12.1 Å². The van der Waals surface area contributed by atoms with Crippen LogP contribution in [0.1, 0.15) is 30.8 Å². The Bertz CT molecular complexity index is 560. The molecule has 3 nitrogen and oxygen atoms in total. The molecule has 1 aromatic heterocycles. The van der Waals surface area contributed by atoms with Crippen LogP contribution in [0.15, 0.2) is 24.3 Å². The van der Waals surface area contributed by atoms with E-state index in [-0.39, 0.29) is 11.7 Å². The number of hydrogen-bond acceptors (Lipinski definition) is 1. The molecular weight excluding hydrogens is 231 g/mol. The molecule has 0 spiro atoms. The van der Waals surface area contributed by atoms with Gasteiger partial charge in [-0.1, -0.05) is 13.8 Å². The van der Waals surface area contributed by atoms with Gasteiger partial charge in [0, 0.05) is 17.4 Å². The van der Waals surface area contributed by atoms with Crippen LogP contribution in [0.3, 0.4) is 0 Å². The molecule has 1 amide bonds. The maximum Gasteiger partial charge on any atom is 0.267 e. The Balaban J connectivity index is 2.08. The second-order valence-electron chi connectivity index (χ2n) is 4.85. The van der Waals surface area contributed by atoms with Gasteiger partial charge in [0.1, 0.15) is 11.5 Å². The molecular formula is C14H17FN2O. The summed E-state index contributed by atoms with van der Waals surface area (Å²) in [5.41, 5.74) is 1.11. The lowest BCUT2D eigenvalue weighted by molar-refractivity contribution is 0.0948. The average molecular weight is 248 g/mol. The van der Waals surface area contributed by atoms with Crippen LogP contribution >= 0.6 is 0 Å². The molecule has 2 rings (SSSR count). The monoisotopic (exact) mass is 248 g/mol. The average Bonchev–Trinajstić information content (AvgIpc) is 2.71. The van der Waals surface area contributed by atoms with Crippen molar-refractivity contribution in [3.63, 3.8) is 0 Å². The Hall–Kier alpha value is -1.84. The SMILES string of the molecule is CC(C)CCNC(=O)c1cc2ccc(F)cc2[nH]1. The van der Waals surface area contributed by atoms with Gasteiger partial charge < -0.3 is 10.3 Å². The maximum atomic E-state index is 13.0. The zero-order valence-electron chi connectivity index (χ0n) is 10.6. The Morgan fingerprint density at radius 1 is 1.39 bits per heavy atom. The first-order chi connectivity index (χ1) is 8.56. The summed E-state index contributed by atoms with van der Waals surface area (Å²) >= 11 is 0. The number of hydrogen-bond donors (Lipinski definition) is 2. The van der Waals surface area contributed by atoms with Gasteiger partial charge in [0.2, 0.25) is 0 Å². The van der Waals surface area contributed by atoms with Crippen LogP contribution in [-0.4, -0.2) is 17.4 Å². The lowest BCUT2D eigenvalue weighted by Crippen LogP contribution is -2.25. The number of aromatic nitrogens is 1. The Morgan fingerprint density at radius 3 is 2.89 bits per heavy atom. The lowest BCUT2D eigenvalue weighted by Gasteiger charge is -2.05. The van der Waals surface area contributed by atoms with Crippen molar-refractivity contribution >= 4 is 16.8 Å². The first-order valence-electron chi connectivity index (χ1n) is 6.12. The molecule has 0 aliphatic heterocycles. The third-order valence-corrected chi connectivity index (χ3v) is 2.84. The Kier molecular flexibility index (Phi) is 3.65. The van der Waals surface area contributed by atoms with E-state index in [0.717, 1.165) is 11.8 Å². The zero-order chi connectivity index (χ0) is 13.1. The molecule has 96 valence electrons. The summed E-state index contributed by atoms with van der Waals surface area (Å²) in [5, 5.41) is 3.68. The van der Waals surface area contributed by atoms with Crippen LogP contribution in [0, 0.1) is 11.7 Å². The third-order valence-electron chi connectivity index (χ3n) is 2.84. The molecule has 0 atom stereocenters. The van der Waals surface area contributed by atoms with Gasteiger partial charge in [-0.25, -0.2) is 4.39 Å². The van der Waals surface area contributed by atoms with Crippen LogP contribution in [0.4, 0.5) is 4.39 Å². The maximum absolute atomic E-state index is 13.0. The highest BCUT2D eigenvalue weighted by molar-refractivity contribution is 5.97. The fourth-order valence-electron chi connectivity index (χ4n) is 1.79. The van der Waals surface area contributed by atoms with E-state index >= 15 is 0 Å². The Labute approximate surface area is 105 Å². The largest absolute Gasteiger partial charge is 0.351 e. The van der Waals surface area contributed by atoms with Gasteiger partial charge in [-0.05, 0) is 36.6 Å². The van der Waals surface area contributed by atoms with E-state index in [1.165, 1.54) is 12.1 Å². The van der Waals surface area contributed by atoms with E-state index in [2.05, 4.69) is 24.1 Å². The topological polar surface area (TPSA) is 44.9 Å². The highest BCUT2D eigenvalue weighted by atomic mass is 19.1. The summed E-state index contributed by atoms with van der Waals surface area (Å²) in [4.78, 5) is 14.8. The number of halogens is 1. The smallest absolute Gasteiger partial charge is 0.267 e. The van der Waals surface area contributed by atoms with Gasteiger partial charge in [-0.15, -0.1) is 0 Å². The van der Waals surface area contributed by atoms with Crippen molar-refractivity contribution < 1.29 is 9.18 Å². The summed E-state index contributed by atoms with van der Waals surface area (Å²) in [6, 6.07) is 6.17. The highest BCUT2D eigenvalue weighted by Gasteiger charge is 2.09. The summed E-state index contributed by atoms with van der Waals surface area (Å²) in [6.45, 7) is 4.87. The predicted octanol–water partition coefficient (Wildman–Crippen LogP) is 3.08. The van der Waals surface area contributed by atoms with Crippen molar-refractivity contribution in [2.45, 2.75) is 20.3 Å². The molecule has 0 aliphatic rings. The van der Waals surface area contributed by atoms with Crippen molar-refractivity contribution in [1.82, 2.24) is 10.3 Å². The third kappa shape index (κ3) is 2.88. The number of H-pyrrole nitrogens is 1. The van der Waals surface area contributed by atoms with Crippen LogP contribution in [0.25, 0.3) is 10.9 Å². The zero-order valence-corrected chi connectivity index (χ0v) is 10.6. The van der Waals surface area contributed by atoms with Crippen LogP contribution < -0.4 is 5.32 Å². The number of carbonyl (C=O) groups excluding carboxylic acids is 1. The number of rotatable bonds is 4. The van der Waals surface area contributed by atoms with Crippen molar-refractivity contribution in [2.75, 3.05) is 6.54 Å². The molecule has 0 fully saturated rings. The van der Waals surface area contributed by atoms with Gasteiger partial charge in [0.15, 0.2) is 0 Å². The van der Waals surface area contributed by atoms with Gasteiger partial charge >= 0.3 is 0 Å². The molecule has 0 radical (unpaired) electrons. The molecule has 0 saturated heterocycles. The molecule has 0 unspecified atom stereocenters. The standard InChI is InChI=1S/C14H17FN2O/c1-9(2)5-6-16-14(18)13-7-10-3-4-11(15)8-12(10)17-13/h3-4,7-9,17H,5-6H2,1-2H3,(H,16,18). The van der Waals surface area contributed by atoms with E-state index in [9.17, 15) is 9.18 Å². The predicted molar refractivity (Wildman–Crippen MR) is 70.0 cm³/mol. The molecule has 18 heavy (non-hydrogen) atoms. The quantitative estimate of drug-likeness (QED) is 0.858. The van der Waals surface area contributed by atoms with Crippen LogP contribution in [-0.2, 0) is 0 Å². The number of benzene rings is 1. The second kappa shape index (κ2) is 5.21. The van der Waals surface area contributed by atoms with Crippen molar-refractivity contribution in [3.05, 3.63) is 35.8 Å². The van der Waals surface area contributed by atoms with E-state index < -0.39 is 0 Å². The number of aromatic amines is 1. The first-order valence-corrected chi connectivity index (χ1v) is 6.12. The molecule has 4 heteroatoms. The van der Waals surface area contributed by atoms with Gasteiger partial charge in [0.25, 0.3) is 5.91 Å². The number of fused-ring (bicyclic) bond motifs is 1. The van der Waals surface area contributed by atoms with Crippen LogP contribution in [0.2, 0.25) is 0 Å². The van der Waals surface area contributed by atoms with Crippen molar-refractivity contribution in [2.24, 2.45) is 5.92 Å². The number of nitrogens with one attached hydrogen (secondary N) is 2. The van der Waals surface area contributed by atoms with Crippen molar-refractivity contribution in [3.8, 4) is 0 Å². The van der Waals surface area contributed by atoms with E-state index in [0.29, 0.717) is 23.7 Å².